The summed E-state index contributed by atoms with van der Waals surface area (Å²) in [6, 6.07) is 4.67. The zero-order chi connectivity index (χ0) is 18.8. The van der Waals surface area contributed by atoms with Gasteiger partial charge in [-0.25, -0.2) is 4.79 Å². The third-order valence-corrected chi connectivity index (χ3v) is 3.82. The quantitative estimate of drug-likeness (QED) is 0.879. The van der Waals surface area contributed by atoms with E-state index in [1.807, 2.05) is 12.1 Å². The van der Waals surface area contributed by atoms with E-state index in [4.69, 9.17) is 4.74 Å². The van der Waals surface area contributed by atoms with Crippen molar-refractivity contribution in [3.8, 4) is 0 Å². The number of anilines is 2. The molecule has 136 valence electrons. The Kier molecular flexibility index (Phi) is 5.35. The number of amides is 3. The number of carbonyl (C=O) groups excluding carboxylic acids is 3. The monoisotopic (exact) mass is 347 g/mol. The van der Waals surface area contributed by atoms with Gasteiger partial charge in [-0.3, -0.25) is 9.59 Å². The molecule has 1 heterocycles. The summed E-state index contributed by atoms with van der Waals surface area (Å²) in [4.78, 5) is 37.3. The van der Waals surface area contributed by atoms with Crippen LogP contribution in [0.15, 0.2) is 18.2 Å². The maximum atomic E-state index is 12.3. The molecule has 0 radical (unpaired) electrons. The Morgan fingerprint density at radius 2 is 1.92 bits per heavy atom. The van der Waals surface area contributed by atoms with Crippen molar-refractivity contribution in [1.82, 2.24) is 5.32 Å². The molecule has 0 fully saturated rings. The second kappa shape index (κ2) is 7.13. The van der Waals surface area contributed by atoms with Crippen LogP contribution in [0.3, 0.4) is 0 Å². The minimum absolute atomic E-state index is 0.0828. The lowest BCUT2D eigenvalue weighted by Crippen LogP contribution is -2.44. The van der Waals surface area contributed by atoms with Crippen LogP contribution >= 0.6 is 0 Å². The standard InChI is InChI=1S/C18H25N3O4/c1-11(19-17(24)25-18(2,3)4)16(23)20-13-7-8-14-12(10-13)6-9-15(22)21(14)5/h7-8,10-11H,6,9H2,1-5H3,(H,19,24)(H,20,23). The lowest BCUT2D eigenvalue weighted by atomic mass is 10.0. The molecule has 2 rings (SSSR count). The summed E-state index contributed by atoms with van der Waals surface area (Å²) < 4.78 is 5.14. The van der Waals surface area contributed by atoms with Crippen molar-refractivity contribution in [3.63, 3.8) is 0 Å². The highest BCUT2D eigenvalue weighted by Crippen LogP contribution is 2.29. The zero-order valence-corrected chi connectivity index (χ0v) is 15.3. The average Bonchev–Trinajstić information content (AvgIpc) is 2.49. The van der Waals surface area contributed by atoms with Gasteiger partial charge in [0, 0.05) is 24.8 Å². The molecule has 3 amide bonds. The second-order valence-corrected chi connectivity index (χ2v) is 7.15. The number of benzene rings is 1. The number of nitrogens with zero attached hydrogens (tertiary/aromatic N) is 1. The van der Waals surface area contributed by atoms with Gasteiger partial charge in [0.1, 0.15) is 11.6 Å². The van der Waals surface area contributed by atoms with Crippen molar-refractivity contribution >= 4 is 29.3 Å². The molecule has 0 bridgehead atoms. The Labute approximate surface area is 147 Å². The first kappa shape index (κ1) is 18.8. The molecule has 1 aromatic carbocycles. The van der Waals surface area contributed by atoms with Crippen LogP contribution in [0.5, 0.6) is 0 Å². The lowest BCUT2D eigenvalue weighted by molar-refractivity contribution is -0.119. The number of hydrogen-bond donors (Lipinski definition) is 2. The van der Waals surface area contributed by atoms with E-state index in [0.717, 1.165) is 11.3 Å². The summed E-state index contributed by atoms with van der Waals surface area (Å²) >= 11 is 0. The van der Waals surface area contributed by atoms with Crippen molar-refractivity contribution in [1.29, 1.82) is 0 Å². The fraction of sp³-hybridized carbons (Fsp3) is 0.500. The lowest BCUT2D eigenvalue weighted by Gasteiger charge is -2.26. The smallest absolute Gasteiger partial charge is 0.408 e. The largest absolute Gasteiger partial charge is 0.444 e. The summed E-state index contributed by atoms with van der Waals surface area (Å²) in [6.45, 7) is 6.86. The average molecular weight is 347 g/mol. The number of ether oxygens (including phenoxy) is 1. The molecule has 0 aliphatic carbocycles. The molecule has 25 heavy (non-hydrogen) atoms. The fourth-order valence-corrected chi connectivity index (χ4v) is 2.53. The van der Waals surface area contributed by atoms with E-state index in [1.54, 1.807) is 45.7 Å². The van der Waals surface area contributed by atoms with Crippen molar-refractivity contribution in [2.45, 2.75) is 52.2 Å². The van der Waals surface area contributed by atoms with E-state index in [0.29, 0.717) is 18.5 Å². The summed E-state index contributed by atoms with van der Waals surface area (Å²) in [7, 11) is 1.74. The number of hydrogen-bond acceptors (Lipinski definition) is 4. The van der Waals surface area contributed by atoms with Crippen molar-refractivity contribution in [2.75, 3.05) is 17.3 Å². The summed E-state index contributed by atoms with van der Waals surface area (Å²) in [5, 5.41) is 5.28. The van der Waals surface area contributed by atoms with Gasteiger partial charge in [-0.05, 0) is 57.9 Å². The van der Waals surface area contributed by atoms with Crippen molar-refractivity contribution in [2.24, 2.45) is 0 Å². The number of aryl methyl sites for hydroxylation is 1. The van der Waals surface area contributed by atoms with Crippen LogP contribution < -0.4 is 15.5 Å². The molecular formula is C18H25N3O4. The molecule has 1 atom stereocenters. The van der Waals surface area contributed by atoms with Gasteiger partial charge in [-0.1, -0.05) is 0 Å². The molecule has 0 saturated carbocycles. The molecule has 7 nitrogen and oxygen atoms in total. The normalized spacial score (nSPS) is 15.2. The fourth-order valence-electron chi connectivity index (χ4n) is 2.53. The Hall–Kier alpha value is -2.57. The number of alkyl carbamates (subject to hydrolysis) is 1. The molecular weight excluding hydrogens is 322 g/mol. The highest BCUT2D eigenvalue weighted by Gasteiger charge is 2.23. The van der Waals surface area contributed by atoms with Gasteiger partial charge in [0.2, 0.25) is 11.8 Å². The number of carbonyl (C=O) groups is 3. The van der Waals surface area contributed by atoms with Crippen LogP contribution in [0.1, 0.15) is 39.7 Å². The molecule has 0 saturated heterocycles. The van der Waals surface area contributed by atoms with Crippen LogP contribution in [0, 0.1) is 0 Å². The molecule has 0 spiro atoms. The Morgan fingerprint density at radius 3 is 2.56 bits per heavy atom. The molecule has 1 unspecified atom stereocenters. The van der Waals surface area contributed by atoms with Gasteiger partial charge < -0.3 is 20.3 Å². The van der Waals surface area contributed by atoms with Crippen LogP contribution in [-0.4, -0.2) is 36.6 Å². The molecule has 2 N–H and O–H groups in total. The zero-order valence-electron chi connectivity index (χ0n) is 15.3. The topological polar surface area (TPSA) is 87.7 Å². The first-order valence-electron chi connectivity index (χ1n) is 8.26. The Bertz CT molecular complexity index is 694. The minimum Gasteiger partial charge on any atom is -0.444 e. The molecule has 1 aliphatic rings. The Morgan fingerprint density at radius 1 is 1.24 bits per heavy atom. The van der Waals surface area contributed by atoms with Crippen LogP contribution in [-0.2, 0) is 20.7 Å². The summed E-state index contributed by atoms with van der Waals surface area (Å²) in [6.07, 6.45) is 0.464. The number of nitrogens with one attached hydrogen (secondary N) is 2. The van der Waals surface area contributed by atoms with Gasteiger partial charge in [-0.15, -0.1) is 0 Å². The van der Waals surface area contributed by atoms with E-state index in [-0.39, 0.29) is 11.8 Å². The Balaban J connectivity index is 1.99. The van der Waals surface area contributed by atoms with Gasteiger partial charge in [-0.2, -0.15) is 0 Å². The molecule has 1 aromatic rings. The maximum Gasteiger partial charge on any atom is 0.408 e. The van der Waals surface area contributed by atoms with Crippen LogP contribution in [0.2, 0.25) is 0 Å². The third-order valence-electron chi connectivity index (χ3n) is 3.82. The molecule has 7 heteroatoms. The third kappa shape index (κ3) is 4.95. The predicted molar refractivity (Wildman–Crippen MR) is 95.6 cm³/mol. The maximum absolute atomic E-state index is 12.3. The van der Waals surface area contributed by atoms with E-state index < -0.39 is 17.7 Å². The van der Waals surface area contributed by atoms with Crippen molar-refractivity contribution < 1.29 is 19.1 Å². The number of rotatable bonds is 3. The SMILES string of the molecule is CC(NC(=O)OC(C)(C)C)C(=O)Nc1ccc2c(c1)CCC(=O)N2C. The predicted octanol–water partition coefficient (Wildman–Crippen LogP) is 2.45. The minimum atomic E-state index is -0.741. The van der Waals surface area contributed by atoms with E-state index in [2.05, 4.69) is 10.6 Å². The van der Waals surface area contributed by atoms with Crippen LogP contribution in [0.4, 0.5) is 16.2 Å². The number of fused-ring (bicyclic) bond motifs is 1. The first-order valence-corrected chi connectivity index (χ1v) is 8.26. The van der Waals surface area contributed by atoms with E-state index in [1.165, 1.54) is 0 Å². The second-order valence-electron chi connectivity index (χ2n) is 7.15. The van der Waals surface area contributed by atoms with Gasteiger partial charge in [0.25, 0.3) is 0 Å². The highest BCUT2D eigenvalue weighted by molar-refractivity contribution is 5.98. The summed E-state index contributed by atoms with van der Waals surface area (Å²) in [5.74, 6) is -0.259. The van der Waals surface area contributed by atoms with E-state index in [9.17, 15) is 14.4 Å². The highest BCUT2D eigenvalue weighted by atomic mass is 16.6. The van der Waals surface area contributed by atoms with Crippen molar-refractivity contribution in [3.05, 3.63) is 23.8 Å². The summed E-state index contributed by atoms with van der Waals surface area (Å²) in [5.41, 5.74) is 1.87. The first-order chi connectivity index (χ1) is 11.6. The van der Waals surface area contributed by atoms with Gasteiger partial charge in [0.05, 0.1) is 0 Å². The van der Waals surface area contributed by atoms with Gasteiger partial charge >= 0.3 is 6.09 Å². The van der Waals surface area contributed by atoms with E-state index >= 15 is 0 Å². The van der Waals surface area contributed by atoms with Crippen LogP contribution in [0.25, 0.3) is 0 Å². The molecule has 1 aliphatic heterocycles. The van der Waals surface area contributed by atoms with Gasteiger partial charge in [0.15, 0.2) is 0 Å². The molecule has 0 aromatic heterocycles.